The van der Waals surface area contributed by atoms with Gasteiger partial charge in [0.2, 0.25) is 0 Å². The van der Waals surface area contributed by atoms with Crippen LogP contribution in [0.5, 0.6) is 5.75 Å². The van der Waals surface area contributed by atoms with Gasteiger partial charge in [0.05, 0.1) is 7.11 Å². The molecule has 2 nitrogen and oxygen atoms in total. The zero-order valence-electron chi connectivity index (χ0n) is 7.92. The number of ether oxygens (including phenoxy) is 1. The van der Waals surface area contributed by atoms with E-state index < -0.39 is 0 Å². The molecule has 0 atom stereocenters. The second-order valence-electron chi connectivity index (χ2n) is 3.19. The Labute approximate surface area is 78.2 Å². The summed E-state index contributed by atoms with van der Waals surface area (Å²) in [7, 11) is 1.70. The van der Waals surface area contributed by atoms with Gasteiger partial charge in [0.15, 0.2) is 0 Å². The molecule has 0 amide bonds. The van der Waals surface area contributed by atoms with E-state index >= 15 is 0 Å². The molecule has 0 unspecified atom stereocenters. The Morgan fingerprint density at radius 2 is 2.23 bits per heavy atom. The summed E-state index contributed by atoms with van der Waals surface area (Å²) in [6, 6.07) is 4.19. The molecule has 1 aromatic carbocycles. The van der Waals surface area contributed by atoms with Gasteiger partial charge in [-0.15, -0.1) is 0 Å². The van der Waals surface area contributed by atoms with Gasteiger partial charge in [-0.2, -0.15) is 0 Å². The molecule has 1 aromatic rings. The SMILES string of the molecule is COc1cc2c(cc1C)C=CCN2. The molecular weight excluding hydrogens is 162 g/mol. The summed E-state index contributed by atoms with van der Waals surface area (Å²) in [5.74, 6) is 0.946. The zero-order valence-corrected chi connectivity index (χ0v) is 7.92. The van der Waals surface area contributed by atoms with Crippen LogP contribution in [-0.2, 0) is 0 Å². The largest absolute Gasteiger partial charge is 0.496 e. The van der Waals surface area contributed by atoms with Crippen LogP contribution >= 0.6 is 0 Å². The Bertz CT molecular complexity index is 355. The van der Waals surface area contributed by atoms with Gasteiger partial charge < -0.3 is 10.1 Å². The third-order valence-electron chi connectivity index (χ3n) is 2.27. The summed E-state index contributed by atoms with van der Waals surface area (Å²) in [6.07, 6.45) is 4.26. The minimum atomic E-state index is 0.902. The lowest BCUT2D eigenvalue weighted by Gasteiger charge is -2.15. The number of fused-ring (bicyclic) bond motifs is 1. The number of benzene rings is 1. The van der Waals surface area contributed by atoms with Crippen molar-refractivity contribution < 1.29 is 4.74 Å². The summed E-state index contributed by atoms with van der Waals surface area (Å²) in [6.45, 7) is 2.96. The fraction of sp³-hybridized carbons (Fsp3) is 0.273. The first-order valence-corrected chi connectivity index (χ1v) is 4.40. The molecular formula is C11H13NO. The van der Waals surface area contributed by atoms with Crippen molar-refractivity contribution in [3.05, 3.63) is 29.3 Å². The number of hydrogen-bond donors (Lipinski definition) is 1. The molecule has 1 heterocycles. The van der Waals surface area contributed by atoms with Gasteiger partial charge in [0.25, 0.3) is 0 Å². The second-order valence-corrected chi connectivity index (χ2v) is 3.19. The van der Waals surface area contributed by atoms with Crippen LogP contribution in [0, 0.1) is 6.92 Å². The normalized spacial score (nSPS) is 13.4. The standard InChI is InChI=1S/C11H13NO/c1-8-6-9-4-3-5-12-10(9)7-11(8)13-2/h3-4,6-7,12H,5H2,1-2H3. The van der Waals surface area contributed by atoms with E-state index in [2.05, 4.69) is 30.5 Å². The van der Waals surface area contributed by atoms with Crippen molar-refractivity contribution in [2.75, 3.05) is 19.0 Å². The van der Waals surface area contributed by atoms with Gasteiger partial charge in [-0.25, -0.2) is 0 Å². The fourth-order valence-corrected chi connectivity index (χ4v) is 1.58. The first-order valence-electron chi connectivity index (χ1n) is 4.40. The average molecular weight is 175 g/mol. The smallest absolute Gasteiger partial charge is 0.123 e. The monoisotopic (exact) mass is 175 g/mol. The van der Waals surface area contributed by atoms with Gasteiger partial charge in [0.1, 0.15) is 5.75 Å². The third kappa shape index (κ3) is 1.39. The molecule has 0 fully saturated rings. The van der Waals surface area contributed by atoms with Crippen LogP contribution in [0.1, 0.15) is 11.1 Å². The first-order chi connectivity index (χ1) is 6.31. The van der Waals surface area contributed by atoms with E-state index in [1.54, 1.807) is 7.11 Å². The highest BCUT2D eigenvalue weighted by Crippen LogP contribution is 2.29. The lowest BCUT2D eigenvalue weighted by Crippen LogP contribution is -2.05. The molecule has 0 saturated carbocycles. The maximum Gasteiger partial charge on any atom is 0.123 e. The maximum atomic E-state index is 5.25. The van der Waals surface area contributed by atoms with E-state index in [1.807, 2.05) is 6.07 Å². The van der Waals surface area contributed by atoms with Gasteiger partial charge in [-0.05, 0) is 24.1 Å². The number of hydrogen-bond acceptors (Lipinski definition) is 2. The highest BCUT2D eigenvalue weighted by molar-refractivity contribution is 5.72. The Morgan fingerprint density at radius 1 is 1.38 bits per heavy atom. The Kier molecular flexibility index (Phi) is 1.97. The van der Waals surface area contributed by atoms with Crippen LogP contribution in [0.25, 0.3) is 6.08 Å². The third-order valence-corrected chi connectivity index (χ3v) is 2.27. The average Bonchev–Trinajstić information content (AvgIpc) is 2.17. The molecule has 1 aliphatic rings. The van der Waals surface area contributed by atoms with E-state index in [0.717, 1.165) is 18.0 Å². The van der Waals surface area contributed by atoms with Crippen LogP contribution in [0.3, 0.4) is 0 Å². The Morgan fingerprint density at radius 3 is 3.00 bits per heavy atom. The molecule has 1 N–H and O–H groups in total. The van der Waals surface area contributed by atoms with E-state index in [4.69, 9.17) is 4.74 Å². The van der Waals surface area contributed by atoms with E-state index in [1.165, 1.54) is 11.1 Å². The molecule has 1 aliphatic heterocycles. The molecule has 0 saturated heterocycles. The van der Waals surface area contributed by atoms with Crippen molar-refractivity contribution in [1.29, 1.82) is 0 Å². The van der Waals surface area contributed by atoms with Crippen molar-refractivity contribution in [3.8, 4) is 5.75 Å². The zero-order chi connectivity index (χ0) is 9.26. The molecule has 68 valence electrons. The molecule has 0 radical (unpaired) electrons. The van der Waals surface area contributed by atoms with E-state index in [-0.39, 0.29) is 0 Å². The molecule has 0 spiro atoms. The summed E-state index contributed by atoms with van der Waals surface area (Å²) >= 11 is 0. The molecule has 0 aliphatic carbocycles. The number of methoxy groups -OCH3 is 1. The quantitative estimate of drug-likeness (QED) is 0.707. The lowest BCUT2D eigenvalue weighted by atomic mass is 10.1. The minimum absolute atomic E-state index is 0.902. The molecule has 2 heteroatoms. The van der Waals surface area contributed by atoms with E-state index in [0.29, 0.717) is 0 Å². The number of nitrogens with one attached hydrogen (secondary N) is 1. The van der Waals surface area contributed by atoms with Crippen molar-refractivity contribution >= 4 is 11.8 Å². The number of aryl methyl sites for hydroxylation is 1. The second kappa shape index (κ2) is 3.13. The van der Waals surface area contributed by atoms with Crippen LogP contribution in [0.4, 0.5) is 5.69 Å². The molecule has 13 heavy (non-hydrogen) atoms. The Balaban J connectivity index is 2.52. The van der Waals surface area contributed by atoms with E-state index in [9.17, 15) is 0 Å². The van der Waals surface area contributed by atoms with Crippen LogP contribution in [0.2, 0.25) is 0 Å². The highest BCUT2D eigenvalue weighted by Gasteiger charge is 2.07. The molecule has 0 bridgehead atoms. The van der Waals surface area contributed by atoms with Crippen molar-refractivity contribution in [1.82, 2.24) is 0 Å². The summed E-state index contributed by atoms with van der Waals surface area (Å²) in [5.41, 5.74) is 3.57. The Hall–Kier alpha value is -1.44. The fourth-order valence-electron chi connectivity index (χ4n) is 1.58. The molecule has 0 aromatic heterocycles. The topological polar surface area (TPSA) is 21.3 Å². The lowest BCUT2D eigenvalue weighted by molar-refractivity contribution is 0.412. The van der Waals surface area contributed by atoms with Crippen LogP contribution in [-0.4, -0.2) is 13.7 Å². The van der Waals surface area contributed by atoms with Crippen molar-refractivity contribution in [2.24, 2.45) is 0 Å². The van der Waals surface area contributed by atoms with Gasteiger partial charge in [-0.3, -0.25) is 0 Å². The van der Waals surface area contributed by atoms with Crippen LogP contribution in [0.15, 0.2) is 18.2 Å². The van der Waals surface area contributed by atoms with Gasteiger partial charge >= 0.3 is 0 Å². The van der Waals surface area contributed by atoms with Gasteiger partial charge in [0, 0.05) is 18.3 Å². The van der Waals surface area contributed by atoms with Gasteiger partial charge in [-0.1, -0.05) is 12.2 Å². The van der Waals surface area contributed by atoms with Crippen molar-refractivity contribution in [2.45, 2.75) is 6.92 Å². The first kappa shape index (κ1) is 8.17. The summed E-state index contributed by atoms with van der Waals surface area (Å²) in [5, 5.41) is 3.30. The highest BCUT2D eigenvalue weighted by atomic mass is 16.5. The maximum absolute atomic E-state index is 5.25. The summed E-state index contributed by atoms with van der Waals surface area (Å²) in [4.78, 5) is 0. The number of rotatable bonds is 1. The minimum Gasteiger partial charge on any atom is -0.496 e. The molecule has 2 rings (SSSR count). The van der Waals surface area contributed by atoms with Crippen LogP contribution < -0.4 is 10.1 Å². The summed E-state index contributed by atoms with van der Waals surface area (Å²) < 4.78 is 5.25. The predicted octanol–water partition coefficient (Wildman–Crippen LogP) is 2.44. The predicted molar refractivity (Wildman–Crippen MR) is 55.3 cm³/mol. The number of anilines is 1. The van der Waals surface area contributed by atoms with Crippen molar-refractivity contribution in [3.63, 3.8) is 0 Å².